The number of rotatable bonds is 1. The van der Waals surface area contributed by atoms with Crippen molar-refractivity contribution in [3.05, 3.63) is 22.8 Å². The van der Waals surface area contributed by atoms with Gasteiger partial charge >= 0.3 is 0 Å². The number of aryl methyl sites for hydroxylation is 1. The van der Waals surface area contributed by atoms with E-state index in [-0.39, 0.29) is 0 Å². The van der Waals surface area contributed by atoms with Gasteiger partial charge in [-0.3, -0.25) is 9.78 Å². The second-order valence-electron chi connectivity index (χ2n) is 2.68. The van der Waals surface area contributed by atoms with Gasteiger partial charge in [-0.15, -0.1) is 11.3 Å². The molecule has 0 aromatic carbocycles. The summed E-state index contributed by atoms with van der Waals surface area (Å²) in [5.74, 6) is -0.428. The third-order valence-corrected chi connectivity index (χ3v) is 2.64. The van der Waals surface area contributed by atoms with Gasteiger partial charge in [-0.2, -0.15) is 0 Å². The van der Waals surface area contributed by atoms with Gasteiger partial charge in [0.05, 0.1) is 10.6 Å². The van der Waals surface area contributed by atoms with E-state index in [9.17, 15) is 4.79 Å². The van der Waals surface area contributed by atoms with Gasteiger partial charge in [0.15, 0.2) is 0 Å². The zero-order valence-corrected chi connectivity index (χ0v) is 7.76. The molecule has 66 valence electrons. The summed E-state index contributed by atoms with van der Waals surface area (Å²) in [6.45, 7) is 1.86. The van der Waals surface area contributed by atoms with Crippen molar-refractivity contribution in [2.75, 3.05) is 0 Å². The molecule has 4 nitrogen and oxygen atoms in total. The van der Waals surface area contributed by atoms with Gasteiger partial charge in [0.25, 0.3) is 5.91 Å². The molecule has 0 spiro atoms. The summed E-state index contributed by atoms with van der Waals surface area (Å²) in [5.41, 5.74) is 6.70. The maximum absolute atomic E-state index is 10.8. The molecule has 2 heterocycles. The fourth-order valence-corrected chi connectivity index (χ4v) is 1.90. The molecule has 0 atom stereocenters. The zero-order chi connectivity index (χ0) is 9.42. The first-order valence-electron chi connectivity index (χ1n) is 3.70. The Morgan fingerprint density at radius 1 is 1.62 bits per heavy atom. The number of thiophene rings is 1. The van der Waals surface area contributed by atoms with Gasteiger partial charge in [0.2, 0.25) is 0 Å². The van der Waals surface area contributed by atoms with E-state index in [4.69, 9.17) is 5.73 Å². The number of primary amides is 1. The summed E-state index contributed by atoms with van der Waals surface area (Å²) in [7, 11) is 0. The van der Waals surface area contributed by atoms with E-state index in [1.165, 1.54) is 11.3 Å². The van der Waals surface area contributed by atoms with Crippen LogP contribution in [0, 0.1) is 6.92 Å². The molecule has 2 rings (SSSR count). The van der Waals surface area contributed by atoms with E-state index < -0.39 is 5.91 Å². The van der Waals surface area contributed by atoms with Crippen LogP contribution in [-0.4, -0.2) is 15.9 Å². The standard InChI is InChI=1S/C8H7N3OS/c1-4-3-10-5-2-6(7(9)12)13-8(5)11-4/h2-3H,1H3,(H2,9,12). The van der Waals surface area contributed by atoms with Crippen LogP contribution in [0.3, 0.4) is 0 Å². The number of hydrogen-bond donors (Lipinski definition) is 1. The van der Waals surface area contributed by atoms with Crippen LogP contribution in [0.25, 0.3) is 10.3 Å². The number of hydrogen-bond acceptors (Lipinski definition) is 4. The average molecular weight is 193 g/mol. The molecule has 0 radical (unpaired) electrons. The van der Waals surface area contributed by atoms with E-state index in [2.05, 4.69) is 9.97 Å². The highest BCUT2D eigenvalue weighted by Gasteiger charge is 2.07. The highest BCUT2D eigenvalue weighted by Crippen LogP contribution is 2.21. The van der Waals surface area contributed by atoms with Crippen LogP contribution >= 0.6 is 11.3 Å². The molecule has 0 bridgehead atoms. The Morgan fingerprint density at radius 2 is 2.38 bits per heavy atom. The maximum atomic E-state index is 10.8. The van der Waals surface area contributed by atoms with E-state index in [1.54, 1.807) is 12.3 Å². The Morgan fingerprint density at radius 3 is 3.08 bits per heavy atom. The first kappa shape index (κ1) is 8.12. The number of amides is 1. The highest BCUT2D eigenvalue weighted by molar-refractivity contribution is 7.20. The van der Waals surface area contributed by atoms with Crippen LogP contribution in [-0.2, 0) is 0 Å². The van der Waals surface area contributed by atoms with Crippen molar-refractivity contribution in [3.63, 3.8) is 0 Å². The van der Waals surface area contributed by atoms with Gasteiger partial charge in [0, 0.05) is 6.20 Å². The lowest BCUT2D eigenvalue weighted by Gasteiger charge is -1.88. The van der Waals surface area contributed by atoms with Crippen molar-refractivity contribution in [2.45, 2.75) is 6.92 Å². The third-order valence-electron chi connectivity index (χ3n) is 1.60. The van der Waals surface area contributed by atoms with Crippen molar-refractivity contribution >= 4 is 27.6 Å². The minimum Gasteiger partial charge on any atom is -0.365 e. The Balaban J connectivity index is 2.68. The number of aromatic nitrogens is 2. The average Bonchev–Trinajstić information content (AvgIpc) is 2.46. The fraction of sp³-hybridized carbons (Fsp3) is 0.125. The molecule has 5 heteroatoms. The quantitative estimate of drug-likeness (QED) is 0.737. The number of carbonyl (C=O) groups is 1. The molecule has 0 fully saturated rings. The molecule has 2 aromatic rings. The van der Waals surface area contributed by atoms with Gasteiger partial charge in [-0.05, 0) is 13.0 Å². The Labute approximate surface area is 78.4 Å². The topological polar surface area (TPSA) is 68.9 Å². The summed E-state index contributed by atoms with van der Waals surface area (Å²) in [5, 5.41) is 0. The molecule has 0 saturated carbocycles. The second-order valence-corrected chi connectivity index (χ2v) is 3.71. The van der Waals surface area contributed by atoms with Crippen LogP contribution in [0.2, 0.25) is 0 Å². The molecule has 0 unspecified atom stereocenters. The van der Waals surface area contributed by atoms with E-state index in [0.717, 1.165) is 16.0 Å². The number of carbonyl (C=O) groups excluding carboxylic acids is 1. The van der Waals surface area contributed by atoms with E-state index in [1.807, 2.05) is 6.92 Å². The highest BCUT2D eigenvalue weighted by atomic mass is 32.1. The zero-order valence-electron chi connectivity index (χ0n) is 6.94. The van der Waals surface area contributed by atoms with Crippen molar-refractivity contribution in [1.29, 1.82) is 0 Å². The normalized spacial score (nSPS) is 10.5. The molecular formula is C8H7N3OS. The molecule has 2 N–H and O–H groups in total. The Kier molecular flexibility index (Phi) is 1.73. The lowest BCUT2D eigenvalue weighted by molar-refractivity contribution is 0.100. The molecule has 0 aliphatic heterocycles. The maximum Gasteiger partial charge on any atom is 0.258 e. The number of nitrogens with zero attached hydrogens (tertiary/aromatic N) is 2. The predicted octanol–water partition coefficient (Wildman–Crippen LogP) is 1.10. The summed E-state index contributed by atoms with van der Waals surface area (Å²) in [6.07, 6.45) is 1.67. The summed E-state index contributed by atoms with van der Waals surface area (Å²) >= 11 is 1.27. The van der Waals surface area contributed by atoms with Crippen LogP contribution in [0.15, 0.2) is 12.3 Å². The molecule has 2 aromatic heterocycles. The van der Waals surface area contributed by atoms with Crippen molar-refractivity contribution < 1.29 is 4.79 Å². The van der Waals surface area contributed by atoms with Crippen LogP contribution in [0.5, 0.6) is 0 Å². The van der Waals surface area contributed by atoms with Gasteiger partial charge in [-0.25, -0.2) is 4.98 Å². The van der Waals surface area contributed by atoms with Crippen molar-refractivity contribution in [1.82, 2.24) is 9.97 Å². The molecular weight excluding hydrogens is 186 g/mol. The van der Waals surface area contributed by atoms with Crippen LogP contribution < -0.4 is 5.73 Å². The largest absolute Gasteiger partial charge is 0.365 e. The van der Waals surface area contributed by atoms with Crippen molar-refractivity contribution in [2.24, 2.45) is 5.73 Å². The smallest absolute Gasteiger partial charge is 0.258 e. The molecule has 13 heavy (non-hydrogen) atoms. The minimum atomic E-state index is -0.428. The number of fused-ring (bicyclic) bond motifs is 1. The van der Waals surface area contributed by atoms with Gasteiger partial charge in [0.1, 0.15) is 10.3 Å². The third kappa shape index (κ3) is 1.38. The number of nitrogens with two attached hydrogens (primary N) is 1. The molecule has 0 aliphatic rings. The van der Waals surface area contributed by atoms with Gasteiger partial charge < -0.3 is 5.73 Å². The minimum absolute atomic E-state index is 0.428. The lowest BCUT2D eigenvalue weighted by atomic mass is 10.4. The summed E-state index contributed by atoms with van der Waals surface area (Å²) < 4.78 is 0. The van der Waals surface area contributed by atoms with Crippen LogP contribution in [0.4, 0.5) is 0 Å². The molecule has 0 saturated heterocycles. The SMILES string of the molecule is Cc1cnc2cc(C(N)=O)sc2n1. The van der Waals surface area contributed by atoms with Crippen molar-refractivity contribution in [3.8, 4) is 0 Å². The first-order valence-corrected chi connectivity index (χ1v) is 4.51. The van der Waals surface area contributed by atoms with Crippen LogP contribution in [0.1, 0.15) is 15.4 Å². The fourth-order valence-electron chi connectivity index (χ4n) is 1.02. The lowest BCUT2D eigenvalue weighted by Crippen LogP contribution is -2.08. The summed E-state index contributed by atoms with van der Waals surface area (Å²) in [4.78, 5) is 20.4. The van der Waals surface area contributed by atoms with E-state index in [0.29, 0.717) is 4.88 Å². The summed E-state index contributed by atoms with van der Waals surface area (Å²) in [6, 6.07) is 1.66. The Hall–Kier alpha value is -1.49. The predicted molar refractivity (Wildman–Crippen MR) is 50.7 cm³/mol. The second kappa shape index (κ2) is 2.77. The monoisotopic (exact) mass is 193 g/mol. The van der Waals surface area contributed by atoms with Gasteiger partial charge in [-0.1, -0.05) is 0 Å². The Bertz CT molecular complexity index is 477. The molecule has 0 aliphatic carbocycles. The van der Waals surface area contributed by atoms with E-state index >= 15 is 0 Å². The molecule has 1 amide bonds. The first-order chi connectivity index (χ1) is 6.16.